The minimum atomic E-state index is 0.347. The largest absolute Gasteiger partial charge is 0.370 e. The van der Waals surface area contributed by atoms with E-state index in [1.165, 1.54) is 19.3 Å². The fourth-order valence-electron chi connectivity index (χ4n) is 4.09. The summed E-state index contributed by atoms with van der Waals surface area (Å²) in [5.74, 6) is 1.49. The molecule has 0 radical (unpaired) electrons. The quantitative estimate of drug-likeness (QED) is 0.585. The first-order valence-electron chi connectivity index (χ1n) is 6.96. The maximum atomic E-state index is 5.99. The van der Waals surface area contributed by atoms with Crippen molar-refractivity contribution in [3.63, 3.8) is 0 Å². The van der Waals surface area contributed by atoms with Crippen molar-refractivity contribution >= 4 is 5.96 Å². The number of nitrogens with two attached hydrogens (primary N) is 1. The summed E-state index contributed by atoms with van der Waals surface area (Å²) in [5.41, 5.74) is 6.75. The van der Waals surface area contributed by atoms with Crippen molar-refractivity contribution in [2.75, 3.05) is 6.54 Å². The van der Waals surface area contributed by atoms with Crippen LogP contribution in [-0.2, 0) is 0 Å². The van der Waals surface area contributed by atoms with Crippen molar-refractivity contribution in [1.29, 1.82) is 0 Å². The zero-order valence-corrected chi connectivity index (χ0v) is 11.7. The van der Waals surface area contributed by atoms with Crippen LogP contribution < -0.4 is 11.1 Å². The van der Waals surface area contributed by atoms with Crippen molar-refractivity contribution in [2.45, 2.75) is 59.4 Å². The number of fused-ring (bicyclic) bond motifs is 2. The lowest BCUT2D eigenvalue weighted by Crippen LogP contribution is -2.54. The Bertz CT molecular complexity index is 317. The molecule has 2 rings (SSSR count). The number of nitrogens with one attached hydrogen (secondary N) is 1. The summed E-state index contributed by atoms with van der Waals surface area (Å²) in [7, 11) is 0. The lowest BCUT2D eigenvalue weighted by Gasteiger charge is -2.43. The van der Waals surface area contributed by atoms with E-state index in [2.05, 4.69) is 38.0 Å². The van der Waals surface area contributed by atoms with E-state index in [-0.39, 0.29) is 0 Å². The Balaban J connectivity index is 2.10. The van der Waals surface area contributed by atoms with E-state index in [1.54, 1.807) is 0 Å². The van der Waals surface area contributed by atoms with Crippen LogP contribution in [0.5, 0.6) is 0 Å². The van der Waals surface area contributed by atoms with E-state index in [0.717, 1.165) is 18.9 Å². The lowest BCUT2D eigenvalue weighted by molar-refractivity contribution is 0.125. The monoisotopic (exact) mass is 237 g/mol. The normalized spacial score (nSPS) is 39.6. The third-order valence-corrected chi connectivity index (χ3v) is 5.07. The molecular weight excluding hydrogens is 210 g/mol. The molecule has 0 aromatic carbocycles. The van der Waals surface area contributed by atoms with Gasteiger partial charge in [0.15, 0.2) is 5.96 Å². The second-order valence-electron chi connectivity index (χ2n) is 6.76. The molecule has 2 aliphatic carbocycles. The molecule has 0 amide bonds. The van der Waals surface area contributed by atoms with Gasteiger partial charge in [-0.15, -0.1) is 0 Å². The molecule has 0 aromatic rings. The van der Waals surface area contributed by atoms with Crippen LogP contribution in [0.25, 0.3) is 0 Å². The number of guanidine groups is 1. The van der Waals surface area contributed by atoms with E-state index in [4.69, 9.17) is 5.73 Å². The van der Waals surface area contributed by atoms with Crippen molar-refractivity contribution in [3.8, 4) is 0 Å². The van der Waals surface area contributed by atoms with Crippen molar-refractivity contribution < 1.29 is 0 Å². The molecule has 2 fully saturated rings. The summed E-state index contributed by atoms with van der Waals surface area (Å²) < 4.78 is 0. The van der Waals surface area contributed by atoms with Crippen molar-refractivity contribution in [1.82, 2.24) is 5.32 Å². The van der Waals surface area contributed by atoms with Gasteiger partial charge in [0.1, 0.15) is 0 Å². The van der Waals surface area contributed by atoms with Crippen LogP contribution in [-0.4, -0.2) is 18.5 Å². The maximum Gasteiger partial charge on any atom is 0.188 e. The molecular formula is C14H27N3. The van der Waals surface area contributed by atoms with Gasteiger partial charge in [0, 0.05) is 12.6 Å². The molecule has 17 heavy (non-hydrogen) atoms. The van der Waals surface area contributed by atoms with Gasteiger partial charge in [-0.3, -0.25) is 4.99 Å². The minimum absolute atomic E-state index is 0.347. The Morgan fingerprint density at radius 3 is 2.65 bits per heavy atom. The highest BCUT2D eigenvalue weighted by atomic mass is 15.1. The number of nitrogens with zero attached hydrogens (tertiary/aromatic N) is 1. The molecule has 0 heterocycles. The van der Waals surface area contributed by atoms with E-state index in [0.29, 0.717) is 22.8 Å². The number of hydrogen-bond acceptors (Lipinski definition) is 1. The standard InChI is InChI=1S/C14H27N3/c1-5-8-16-12(15)17-11-13(2,3)10-6-7-14(11,4)9-10/h10-11H,5-9H2,1-4H3,(H3,15,16,17). The maximum absolute atomic E-state index is 5.99. The summed E-state index contributed by atoms with van der Waals surface area (Å²) in [6.07, 6.45) is 5.11. The second-order valence-corrected chi connectivity index (χ2v) is 6.76. The summed E-state index contributed by atoms with van der Waals surface area (Å²) in [6.45, 7) is 10.1. The molecule has 2 aliphatic rings. The Kier molecular flexibility index (Phi) is 3.13. The first kappa shape index (κ1) is 12.7. The van der Waals surface area contributed by atoms with Gasteiger partial charge < -0.3 is 11.1 Å². The lowest BCUT2D eigenvalue weighted by atomic mass is 9.68. The van der Waals surface area contributed by atoms with Crippen LogP contribution in [0.15, 0.2) is 4.99 Å². The highest BCUT2D eigenvalue weighted by Gasteiger charge is 2.59. The highest BCUT2D eigenvalue weighted by molar-refractivity contribution is 5.78. The molecule has 3 N–H and O–H groups in total. The average molecular weight is 237 g/mol. The van der Waals surface area contributed by atoms with Gasteiger partial charge in [0.25, 0.3) is 0 Å². The second kappa shape index (κ2) is 4.18. The number of hydrogen-bond donors (Lipinski definition) is 2. The summed E-state index contributed by atoms with van der Waals surface area (Å²) in [4.78, 5) is 4.37. The molecule has 3 nitrogen and oxygen atoms in total. The molecule has 98 valence electrons. The van der Waals surface area contributed by atoms with Crippen molar-refractivity contribution in [2.24, 2.45) is 27.5 Å². The first-order chi connectivity index (χ1) is 7.90. The van der Waals surface area contributed by atoms with Crippen LogP contribution in [0.2, 0.25) is 0 Å². The molecule has 2 saturated carbocycles. The molecule has 0 spiro atoms. The SMILES string of the molecule is CCCN=C(N)NC1C2(C)CCC(C2)C1(C)C. The average Bonchev–Trinajstić information content (AvgIpc) is 2.73. The van der Waals surface area contributed by atoms with E-state index in [9.17, 15) is 0 Å². The van der Waals surface area contributed by atoms with Gasteiger partial charge in [0.05, 0.1) is 0 Å². The molecule has 3 unspecified atom stereocenters. The van der Waals surface area contributed by atoms with Crippen molar-refractivity contribution in [3.05, 3.63) is 0 Å². The number of rotatable bonds is 3. The molecule has 3 heteroatoms. The van der Waals surface area contributed by atoms with Crippen LogP contribution in [0.4, 0.5) is 0 Å². The molecule has 0 saturated heterocycles. The van der Waals surface area contributed by atoms with Crippen LogP contribution >= 0.6 is 0 Å². The fraction of sp³-hybridized carbons (Fsp3) is 0.929. The topological polar surface area (TPSA) is 50.4 Å². The van der Waals surface area contributed by atoms with E-state index in [1.807, 2.05) is 0 Å². The molecule has 0 aromatic heterocycles. The third kappa shape index (κ3) is 2.04. The van der Waals surface area contributed by atoms with E-state index >= 15 is 0 Å². The van der Waals surface area contributed by atoms with Gasteiger partial charge in [-0.05, 0) is 42.4 Å². The Hall–Kier alpha value is -0.730. The molecule has 3 atom stereocenters. The smallest absolute Gasteiger partial charge is 0.188 e. The van der Waals surface area contributed by atoms with Gasteiger partial charge in [-0.1, -0.05) is 27.7 Å². The predicted molar refractivity (Wildman–Crippen MR) is 72.9 cm³/mol. The third-order valence-electron chi connectivity index (χ3n) is 5.07. The minimum Gasteiger partial charge on any atom is -0.370 e. The molecule has 0 aliphatic heterocycles. The molecule has 2 bridgehead atoms. The summed E-state index contributed by atoms with van der Waals surface area (Å²) in [5, 5.41) is 3.50. The fourth-order valence-corrected chi connectivity index (χ4v) is 4.09. The Morgan fingerprint density at radius 1 is 1.41 bits per heavy atom. The number of aliphatic imine (C=N–C) groups is 1. The zero-order valence-electron chi connectivity index (χ0n) is 11.7. The van der Waals surface area contributed by atoms with Gasteiger partial charge in [-0.25, -0.2) is 0 Å². The summed E-state index contributed by atoms with van der Waals surface area (Å²) in [6, 6.07) is 0.481. The predicted octanol–water partition coefficient (Wildman–Crippen LogP) is 2.52. The van der Waals surface area contributed by atoms with E-state index < -0.39 is 0 Å². The Labute approximate surface area is 105 Å². The first-order valence-corrected chi connectivity index (χ1v) is 6.96. The highest BCUT2D eigenvalue weighted by Crippen LogP contribution is 2.62. The Morgan fingerprint density at radius 2 is 2.12 bits per heavy atom. The van der Waals surface area contributed by atoms with Gasteiger partial charge in [-0.2, -0.15) is 0 Å². The van der Waals surface area contributed by atoms with Crippen LogP contribution in [0, 0.1) is 16.7 Å². The van der Waals surface area contributed by atoms with Gasteiger partial charge >= 0.3 is 0 Å². The van der Waals surface area contributed by atoms with Crippen LogP contribution in [0.3, 0.4) is 0 Å². The van der Waals surface area contributed by atoms with Crippen LogP contribution in [0.1, 0.15) is 53.4 Å². The summed E-state index contributed by atoms with van der Waals surface area (Å²) >= 11 is 0. The van der Waals surface area contributed by atoms with Gasteiger partial charge in [0.2, 0.25) is 0 Å². The zero-order chi connectivity index (χ0) is 12.7.